The highest BCUT2D eigenvalue weighted by molar-refractivity contribution is 7.28. The predicted octanol–water partition coefficient (Wildman–Crippen LogP) is 4.79. The Morgan fingerprint density at radius 2 is 0.957 bits per heavy atom. The topological polar surface area (TPSA) is 9.23 Å². The largest absolute Gasteiger partial charge is 0.455 e. The molecular formula is C20H16OP2. The maximum atomic E-state index is 6.42. The average molecular weight is 334 g/mol. The normalized spacial score (nSPS) is 11.0. The van der Waals surface area contributed by atoms with E-state index in [1.807, 2.05) is 24.3 Å². The molecule has 4 aromatic rings. The summed E-state index contributed by atoms with van der Waals surface area (Å²) in [7, 11) is 5.55. The van der Waals surface area contributed by atoms with Crippen LogP contribution in [0.5, 0.6) is 11.5 Å². The molecule has 4 aromatic carbocycles. The number of fused-ring (bicyclic) bond motifs is 2. The third kappa shape index (κ3) is 2.61. The van der Waals surface area contributed by atoms with Gasteiger partial charge in [-0.15, -0.1) is 18.5 Å². The minimum absolute atomic E-state index is 0.896. The van der Waals surface area contributed by atoms with Gasteiger partial charge in [0.25, 0.3) is 0 Å². The zero-order valence-corrected chi connectivity index (χ0v) is 14.8. The Kier molecular flexibility index (Phi) is 3.77. The minimum atomic E-state index is 0.896. The Hall–Kier alpha value is -1.94. The van der Waals surface area contributed by atoms with Crippen LogP contribution < -0.4 is 15.3 Å². The predicted molar refractivity (Wildman–Crippen MR) is 107 cm³/mol. The standard InChI is InChI=1S/C20H16OP2/c22-17-11-9-13-5-1-3-7-15(13)19(17)21-20-16-8-4-2-6-14(16)10-12-18(20)23/h1-12H,22-23H2. The number of hydrogen-bond acceptors (Lipinski definition) is 1. The summed E-state index contributed by atoms with van der Waals surface area (Å²) in [5.41, 5.74) is 0. The Labute approximate surface area is 140 Å². The molecule has 0 heterocycles. The van der Waals surface area contributed by atoms with Crippen molar-refractivity contribution in [1.82, 2.24) is 0 Å². The van der Waals surface area contributed by atoms with E-state index in [2.05, 4.69) is 67.0 Å². The van der Waals surface area contributed by atoms with Gasteiger partial charge in [-0.05, 0) is 10.8 Å². The number of ether oxygens (including phenoxy) is 1. The van der Waals surface area contributed by atoms with Gasteiger partial charge in [0, 0.05) is 21.4 Å². The molecule has 0 aromatic heterocycles. The van der Waals surface area contributed by atoms with Gasteiger partial charge < -0.3 is 4.74 Å². The quantitative estimate of drug-likeness (QED) is 0.479. The summed E-state index contributed by atoms with van der Waals surface area (Å²) in [6.07, 6.45) is 0. The molecule has 0 aliphatic heterocycles. The first-order valence-electron chi connectivity index (χ1n) is 7.46. The Bertz CT molecular complexity index is 941. The lowest BCUT2D eigenvalue weighted by Crippen LogP contribution is -2.04. The summed E-state index contributed by atoms with van der Waals surface area (Å²) in [6.45, 7) is 0. The maximum absolute atomic E-state index is 6.42. The molecule has 0 radical (unpaired) electrons. The van der Waals surface area contributed by atoms with Crippen LogP contribution in [-0.4, -0.2) is 0 Å². The van der Waals surface area contributed by atoms with E-state index in [4.69, 9.17) is 4.74 Å². The maximum Gasteiger partial charge on any atom is 0.142 e. The van der Waals surface area contributed by atoms with Crippen LogP contribution in [0.4, 0.5) is 0 Å². The van der Waals surface area contributed by atoms with Crippen LogP contribution in [0, 0.1) is 0 Å². The third-order valence-electron chi connectivity index (χ3n) is 4.02. The van der Waals surface area contributed by atoms with E-state index in [-0.39, 0.29) is 0 Å². The van der Waals surface area contributed by atoms with Gasteiger partial charge in [-0.2, -0.15) is 0 Å². The van der Waals surface area contributed by atoms with E-state index in [0.717, 1.165) is 32.9 Å². The van der Waals surface area contributed by atoms with Crippen LogP contribution in [-0.2, 0) is 0 Å². The monoisotopic (exact) mass is 334 g/mol. The van der Waals surface area contributed by atoms with Gasteiger partial charge in [0.05, 0.1) is 0 Å². The molecule has 3 heteroatoms. The lowest BCUT2D eigenvalue weighted by Gasteiger charge is -2.15. The zero-order chi connectivity index (χ0) is 15.8. The second-order valence-corrected chi connectivity index (χ2v) is 6.76. The fourth-order valence-electron chi connectivity index (χ4n) is 2.85. The van der Waals surface area contributed by atoms with Gasteiger partial charge >= 0.3 is 0 Å². The van der Waals surface area contributed by atoms with Crippen LogP contribution in [0.25, 0.3) is 21.5 Å². The average Bonchev–Trinajstić information content (AvgIpc) is 2.59. The summed E-state index contributed by atoms with van der Waals surface area (Å²) in [6, 6.07) is 25.0. The molecular weight excluding hydrogens is 318 g/mol. The van der Waals surface area contributed by atoms with Gasteiger partial charge in [0.1, 0.15) is 11.5 Å². The molecule has 0 N–H and O–H groups in total. The molecule has 0 bridgehead atoms. The lowest BCUT2D eigenvalue weighted by atomic mass is 10.1. The summed E-state index contributed by atoms with van der Waals surface area (Å²) in [5.74, 6) is 1.79. The summed E-state index contributed by atoms with van der Waals surface area (Å²) in [4.78, 5) is 0. The van der Waals surface area contributed by atoms with Gasteiger partial charge in [-0.25, -0.2) is 0 Å². The second kappa shape index (κ2) is 5.93. The van der Waals surface area contributed by atoms with Gasteiger partial charge in [0.2, 0.25) is 0 Å². The molecule has 1 nitrogen and oxygen atoms in total. The van der Waals surface area contributed by atoms with E-state index in [9.17, 15) is 0 Å². The minimum Gasteiger partial charge on any atom is -0.455 e. The van der Waals surface area contributed by atoms with Crippen molar-refractivity contribution in [2.24, 2.45) is 0 Å². The number of benzene rings is 4. The van der Waals surface area contributed by atoms with E-state index >= 15 is 0 Å². The van der Waals surface area contributed by atoms with Crippen LogP contribution in [0.2, 0.25) is 0 Å². The smallest absolute Gasteiger partial charge is 0.142 e. The lowest BCUT2D eigenvalue weighted by molar-refractivity contribution is 0.502. The highest BCUT2D eigenvalue weighted by Crippen LogP contribution is 2.33. The second-order valence-electron chi connectivity index (χ2n) is 5.51. The van der Waals surface area contributed by atoms with Crippen molar-refractivity contribution < 1.29 is 4.74 Å². The van der Waals surface area contributed by atoms with E-state index in [1.165, 1.54) is 10.8 Å². The molecule has 4 rings (SSSR count). The van der Waals surface area contributed by atoms with Crippen molar-refractivity contribution in [2.75, 3.05) is 0 Å². The molecule has 2 atom stereocenters. The molecule has 112 valence electrons. The van der Waals surface area contributed by atoms with Crippen LogP contribution in [0.3, 0.4) is 0 Å². The molecule has 0 aliphatic rings. The Morgan fingerprint density at radius 1 is 0.522 bits per heavy atom. The highest BCUT2D eigenvalue weighted by Gasteiger charge is 2.11. The van der Waals surface area contributed by atoms with Crippen molar-refractivity contribution in [3.63, 3.8) is 0 Å². The van der Waals surface area contributed by atoms with E-state index in [1.54, 1.807) is 0 Å². The van der Waals surface area contributed by atoms with Crippen LogP contribution in [0.15, 0.2) is 72.8 Å². The van der Waals surface area contributed by atoms with Crippen molar-refractivity contribution >= 4 is 50.6 Å². The van der Waals surface area contributed by atoms with Crippen molar-refractivity contribution in [3.05, 3.63) is 72.8 Å². The number of rotatable bonds is 2. The van der Waals surface area contributed by atoms with Gasteiger partial charge in [-0.3, -0.25) is 0 Å². The molecule has 0 spiro atoms. The first kappa shape index (κ1) is 14.6. The first-order valence-corrected chi connectivity index (χ1v) is 8.62. The first-order chi connectivity index (χ1) is 11.2. The third-order valence-corrected chi connectivity index (χ3v) is 4.93. The molecule has 2 unspecified atom stereocenters. The molecule has 0 fully saturated rings. The fraction of sp³-hybridized carbons (Fsp3) is 0. The van der Waals surface area contributed by atoms with Gasteiger partial charge in [0.15, 0.2) is 0 Å². The van der Waals surface area contributed by atoms with Gasteiger partial charge in [-0.1, -0.05) is 72.8 Å². The van der Waals surface area contributed by atoms with Crippen LogP contribution in [0.1, 0.15) is 0 Å². The summed E-state index contributed by atoms with van der Waals surface area (Å²) < 4.78 is 6.42. The van der Waals surface area contributed by atoms with E-state index in [0.29, 0.717) is 0 Å². The molecule has 0 amide bonds. The fourth-order valence-corrected chi connectivity index (χ4v) is 3.47. The van der Waals surface area contributed by atoms with E-state index < -0.39 is 0 Å². The molecule has 0 saturated carbocycles. The van der Waals surface area contributed by atoms with Crippen molar-refractivity contribution in [2.45, 2.75) is 0 Å². The zero-order valence-electron chi connectivity index (χ0n) is 12.5. The molecule has 0 aliphatic carbocycles. The molecule has 23 heavy (non-hydrogen) atoms. The molecule has 0 saturated heterocycles. The van der Waals surface area contributed by atoms with Crippen molar-refractivity contribution in [3.8, 4) is 11.5 Å². The van der Waals surface area contributed by atoms with Crippen molar-refractivity contribution in [1.29, 1.82) is 0 Å². The summed E-state index contributed by atoms with van der Waals surface area (Å²) >= 11 is 0. The van der Waals surface area contributed by atoms with Crippen LogP contribution >= 0.6 is 18.5 Å². The Morgan fingerprint density at radius 3 is 1.43 bits per heavy atom. The highest BCUT2D eigenvalue weighted by atomic mass is 31.0. The Balaban J connectivity index is 1.95. The SMILES string of the molecule is Pc1ccc2ccccc2c1Oc1c(P)ccc2ccccc12. The summed E-state index contributed by atoms with van der Waals surface area (Å²) in [5, 5.41) is 6.72. The number of hydrogen-bond donors (Lipinski definition) is 0.